The molecule has 3 rings (SSSR count). The van der Waals surface area contributed by atoms with E-state index in [-0.39, 0.29) is 17.5 Å². The standard InChI is InChI=1S/C15H13N7O/c1-10-6-13(20-19-10)14(23)18-15-17-9-22(21-15)8-12-4-2-11(7-16)3-5-12/h2-6,9H,8H2,1H3,(H,19,20)(H,18,21,23). The van der Waals surface area contributed by atoms with Gasteiger partial charge in [0.25, 0.3) is 5.91 Å². The number of rotatable bonds is 4. The Labute approximate surface area is 131 Å². The molecule has 0 atom stereocenters. The molecule has 1 aromatic carbocycles. The van der Waals surface area contributed by atoms with Crippen molar-refractivity contribution in [2.45, 2.75) is 13.5 Å². The van der Waals surface area contributed by atoms with Gasteiger partial charge in [0, 0.05) is 5.69 Å². The fourth-order valence-corrected chi connectivity index (χ4v) is 2.00. The largest absolute Gasteiger partial charge is 0.288 e. The van der Waals surface area contributed by atoms with Gasteiger partial charge in [-0.3, -0.25) is 15.2 Å². The van der Waals surface area contributed by atoms with Crippen LogP contribution in [0.1, 0.15) is 27.3 Å². The van der Waals surface area contributed by atoms with E-state index in [0.29, 0.717) is 12.1 Å². The number of carbonyl (C=O) groups is 1. The van der Waals surface area contributed by atoms with Crippen LogP contribution in [0.5, 0.6) is 0 Å². The number of amides is 1. The van der Waals surface area contributed by atoms with Crippen molar-refractivity contribution in [3.05, 3.63) is 59.2 Å². The normalized spacial score (nSPS) is 10.3. The number of anilines is 1. The van der Waals surface area contributed by atoms with Crippen molar-refractivity contribution in [1.29, 1.82) is 5.26 Å². The number of benzene rings is 1. The highest BCUT2D eigenvalue weighted by molar-refractivity contribution is 6.01. The van der Waals surface area contributed by atoms with Crippen LogP contribution in [0.3, 0.4) is 0 Å². The van der Waals surface area contributed by atoms with Gasteiger partial charge in [0.2, 0.25) is 5.95 Å². The van der Waals surface area contributed by atoms with E-state index in [9.17, 15) is 4.79 Å². The molecule has 0 unspecified atom stereocenters. The van der Waals surface area contributed by atoms with Crippen molar-refractivity contribution < 1.29 is 4.79 Å². The molecule has 0 saturated heterocycles. The second-order valence-corrected chi connectivity index (χ2v) is 4.96. The Kier molecular flexibility index (Phi) is 3.84. The van der Waals surface area contributed by atoms with Gasteiger partial charge in [-0.25, -0.2) is 9.67 Å². The lowest BCUT2D eigenvalue weighted by Gasteiger charge is -2.01. The Balaban J connectivity index is 1.65. The topological polar surface area (TPSA) is 112 Å². The number of aryl methyl sites for hydroxylation is 1. The van der Waals surface area contributed by atoms with Crippen molar-refractivity contribution in [3.8, 4) is 6.07 Å². The number of aromatic amines is 1. The highest BCUT2D eigenvalue weighted by Gasteiger charge is 2.12. The number of carbonyl (C=O) groups excluding carboxylic acids is 1. The minimum Gasteiger partial charge on any atom is -0.288 e. The molecule has 0 aliphatic carbocycles. The molecule has 2 aromatic heterocycles. The van der Waals surface area contributed by atoms with Crippen molar-refractivity contribution >= 4 is 11.9 Å². The summed E-state index contributed by atoms with van der Waals surface area (Å²) in [7, 11) is 0. The van der Waals surface area contributed by atoms with E-state index >= 15 is 0 Å². The summed E-state index contributed by atoms with van der Waals surface area (Å²) in [4.78, 5) is 16.0. The van der Waals surface area contributed by atoms with E-state index < -0.39 is 0 Å². The fraction of sp³-hybridized carbons (Fsp3) is 0.133. The van der Waals surface area contributed by atoms with Crippen LogP contribution in [0, 0.1) is 18.3 Å². The SMILES string of the molecule is Cc1cc(C(=O)Nc2ncn(Cc3ccc(C#N)cc3)n2)n[nH]1. The zero-order valence-corrected chi connectivity index (χ0v) is 12.3. The van der Waals surface area contributed by atoms with Crippen LogP contribution in [-0.2, 0) is 6.54 Å². The molecule has 8 heteroatoms. The number of H-pyrrole nitrogens is 1. The summed E-state index contributed by atoms with van der Waals surface area (Å²) >= 11 is 0. The van der Waals surface area contributed by atoms with Gasteiger partial charge in [-0.1, -0.05) is 12.1 Å². The van der Waals surface area contributed by atoms with Crippen LogP contribution in [0.4, 0.5) is 5.95 Å². The average molecular weight is 307 g/mol. The van der Waals surface area contributed by atoms with Crippen LogP contribution in [0.25, 0.3) is 0 Å². The number of nitrogens with zero attached hydrogens (tertiary/aromatic N) is 5. The molecule has 0 aliphatic rings. The minimum absolute atomic E-state index is 0.212. The number of nitriles is 1. The Bertz CT molecular complexity index is 870. The molecule has 0 fully saturated rings. The van der Waals surface area contributed by atoms with E-state index in [4.69, 9.17) is 5.26 Å². The minimum atomic E-state index is -0.370. The maximum Gasteiger partial charge on any atom is 0.278 e. The predicted octanol–water partition coefficient (Wildman–Crippen LogP) is 1.48. The molecule has 23 heavy (non-hydrogen) atoms. The van der Waals surface area contributed by atoms with Crippen LogP contribution in [0.2, 0.25) is 0 Å². The molecular weight excluding hydrogens is 294 g/mol. The van der Waals surface area contributed by atoms with Crippen molar-refractivity contribution in [2.75, 3.05) is 5.32 Å². The Morgan fingerprint density at radius 1 is 1.39 bits per heavy atom. The summed E-state index contributed by atoms with van der Waals surface area (Å²) in [5.41, 5.74) is 2.67. The van der Waals surface area contributed by atoms with Gasteiger partial charge in [-0.05, 0) is 30.7 Å². The molecule has 114 valence electrons. The first-order chi connectivity index (χ1) is 11.1. The molecule has 0 bridgehead atoms. The summed E-state index contributed by atoms with van der Waals surface area (Å²) in [6, 6.07) is 10.9. The monoisotopic (exact) mass is 307 g/mol. The smallest absolute Gasteiger partial charge is 0.278 e. The Hall–Kier alpha value is -3.47. The van der Waals surface area contributed by atoms with Gasteiger partial charge in [0.15, 0.2) is 5.69 Å². The lowest BCUT2D eigenvalue weighted by atomic mass is 10.1. The molecule has 0 aliphatic heterocycles. The van der Waals surface area contributed by atoms with Crippen molar-refractivity contribution in [2.24, 2.45) is 0 Å². The summed E-state index contributed by atoms with van der Waals surface area (Å²) in [6.45, 7) is 2.31. The summed E-state index contributed by atoms with van der Waals surface area (Å²) in [6.07, 6.45) is 1.53. The van der Waals surface area contributed by atoms with E-state index in [2.05, 4.69) is 31.7 Å². The maximum absolute atomic E-state index is 12.0. The zero-order chi connectivity index (χ0) is 16.2. The third-order valence-corrected chi connectivity index (χ3v) is 3.13. The lowest BCUT2D eigenvalue weighted by Crippen LogP contribution is -2.14. The van der Waals surface area contributed by atoms with E-state index in [1.165, 1.54) is 6.33 Å². The van der Waals surface area contributed by atoms with Gasteiger partial charge in [-0.15, -0.1) is 5.10 Å². The van der Waals surface area contributed by atoms with Crippen LogP contribution < -0.4 is 5.32 Å². The number of hydrogen-bond acceptors (Lipinski definition) is 5. The van der Waals surface area contributed by atoms with Crippen LogP contribution in [-0.4, -0.2) is 30.9 Å². The van der Waals surface area contributed by atoms with Gasteiger partial charge in [0.1, 0.15) is 6.33 Å². The van der Waals surface area contributed by atoms with Crippen LogP contribution >= 0.6 is 0 Å². The maximum atomic E-state index is 12.0. The molecule has 0 spiro atoms. The van der Waals surface area contributed by atoms with E-state index in [1.807, 2.05) is 19.1 Å². The zero-order valence-electron chi connectivity index (χ0n) is 12.3. The Morgan fingerprint density at radius 2 is 2.17 bits per heavy atom. The van der Waals surface area contributed by atoms with E-state index in [1.54, 1.807) is 22.9 Å². The third-order valence-electron chi connectivity index (χ3n) is 3.13. The van der Waals surface area contributed by atoms with Gasteiger partial charge < -0.3 is 0 Å². The van der Waals surface area contributed by atoms with Crippen LogP contribution in [0.15, 0.2) is 36.7 Å². The summed E-state index contributed by atoms with van der Waals surface area (Å²) in [5.74, 6) is -0.158. The molecule has 3 aromatic rings. The number of nitrogens with one attached hydrogen (secondary N) is 2. The molecule has 0 radical (unpaired) electrons. The van der Waals surface area contributed by atoms with Crippen molar-refractivity contribution in [3.63, 3.8) is 0 Å². The summed E-state index contributed by atoms with van der Waals surface area (Å²) < 4.78 is 1.60. The van der Waals surface area contributed by atoms with E-state index in [0.717, 1.165) is 11.3 Å². The molecule has 8 nitrogen and oxygen atoms in total. The predicted molar refractivity (Wildman–Crippen MR) is 81.6 cm³/mol. The van der Waals surface area contributed by atoms with Gasteiger partial charge in [0.05, 0.1) is 18.2 Å². The quantitative estimate of drug-likeness (QED) is 0.758. The van der Waals surface area contributed by atoms with Gasteiger partial charge >= 0.3 is 0 Å². The highest BCUT2D eigenvalue weighted by Crippen LogP contribution is 2.07. The fourth-order valence-electron chi connectivity index (χ4n) is 2.00. The molecule has 2 heterocycles. The second kappa shape index (κ2) is 6.11. The molecule has 0 saturated carbocycles. The van der Waals surface area contributed by atoms with Crippen molar-refractivity contribution in [1.82, 2.24) is 25.0 Å². The Morgan fingerprint density at radius 3 is 2.83 bits per heavy atom. The first-order valence-corrected chi connectivity index (χ1v) is 6.86. The van der Waals surface area contributed by atoms with Gasteiger partial charge in [-0.2, -0.15) is 10.4 Å². The second-order valence-electron chi connectivity index (χ2n) is 4.96. The molecule has 1 amide bonds. The summed E-state index contributed by atoms with van der Waals surface area (Å²) in [5, 5.41) is 22.1. The third kappa shape index (κ3) is 3.41. The first-order valence-electron chi connectivity index (χ1n) is 6.86. The average Bonchev–Trinajstić information content (AvgIpc) is 3.17. The molecule has 2 N–H and O–H groups in total. The first kappa shape index (κ1) is 14.5. The molecular formula is C15H13N7O. The number of hydrogen-bond donors (Lipinski definition) is 2. The highest BCUT2D eigenvalue weighted by atomic mass is 16.2. The number of aromatic nitrogens is 5. The lowest BCUT2D eigenvalue weighted by molar-refractivity contribution is 0.102.